The molecule has 2 heteroatoms. The summed E-state index contributed by atoms with van der Waals surface area (Å²) in [4.78, 5) is 2.24. The molecule has 0 heterocycles. The highest BCUT2D eigenvalue weighted by molar-refractivity contribution is 5.01. The molecule has 0 aromatic heterocycles. The van der Waals surface area contributed by atoms with E-state index in [0.29, 0.717) is 0 Å². The Morgan fingerprint density at radius 1 is 0.455 bits per heavy atom. The monoisotopic (exact) mass is 614 g/mol. The van der Waals surface area contributed by atoms with E-state index in [1.165, 1.54) is 166 Å². The summed E-state index contributed by atoms with van der Waals surface area (Å²) in [5.41, 5.74) is 0. The van der Waals surface area contributed by atoms with Crippen LogP contribution in [0.3, 0.4) is 0 Å². The number of unbranched alkanes of at least 4 members (excludes halogenated alkanes) is 22. The highest BCUT2D eigenvalue weighted by Gasteiger charge is 1.99. The molecular weight excluding hydrogens is 534 g/mol. The van der Waals surface area contributed by atoms with Crippen LogP contribution in [0, 0.1) is 0 Å². The van der Waals surface area contributed by atoms with Crippen LogP contribution in [0.5, 0.6) is 0 Å². The minimum Gasteiger partial charge on any atom is -0.498 e. The second kappa shape index (κ2) is 37.9. The Bertz CT molecular complexity index is 659. The van der Waals surface area contributed by atoms with Crippen molar-refractivity contribution in [2.24, 2.45) is 0 Å². The fraction of sp³-hybridized carbons (Fsp3) is 0.810. The van der Waals surface area contributed by atoms with Crippen molar-refractivity contribution in [3.63, 3.8) is 0 Å². The maximum Gasteiger partial charge on any atom is 0.0957 e. The van der Waals surface area contributed by atoms with Crippen molar-refractivity contribution >= 4 is 0 Å². The maximum atomic E-state index is 6.16. The van der Waals surface area contributed by atoms with Crippen LogP contribution >= 0.6 is 0 Å². The second-order valence-corrected chi connectivity index (χ2v) is 13.4. The van der Waals surface area contributed by atoms with Crippen LogP contribution in [-0.4, -0.2) is 32.1 Å². The fourth-order valence-electron chi connectivity index (χ4n) is 5.60. The number of allylic oxidation sites excluding steroid dienone is 7. The molecule has 0 aliphatic rings. The van der Waals surface area contributed by atoms with Gasteiger partial charge in [-0.3, -0.25) is 0 Å². The summed E-state index contributed by atoms with van der Waals surface area (Å²) in [5, 5.41) is 0. The van der Waals surface area contributed by atoms with Crippen LogP contribution in [0.15, 0.2) is 48.3 Å². The molecule has 0 aliphatic heterocycles. The van der Waals surface area contributed by atoms with Crippen LogP contribution in [0.4, 0.5) is 0 Å². The van der Waals surface area contributed by atoms with Crippen molar-refractivity contribution in [3.8, 4) is 0 Å². The molecule has 0 aromatic rings. The molecule has 0 aliphatic carbocycles. The molecule has 0 saturated heterocycles. The van der Waals surface area contributed by atoms with Crippen molar-refractivity contribution in [2.45, 2.75) is 194 Å². The fourth-order valence-corrected chi connectivity index (χ4v) is 5.60. The van der Waals surface area contributed by atoms with Gasteiger partial charge in [-0.05, 0) is 84.4 Å². The molecule has 0 spiro atoms. The summed E-state index contributed by atoms with van der Waals surface area (Å²) in [6.45, 7) is 6.47. The zero-order valence-electron chi connectivity index (χ0n) is 30.6. The van der Waals surface area contributed by atoms with Crippen molar-refractivity contribution in [1.82, 2.24) is 4.90 Å². The number of rotatable bonds is 35. The first-order valence-electron chi connectivity index (χ1n) is 19.6. The van der Waals surface area contributed by atoms with Crippen LogP contribution in [0.1, 0.15) is 194 Å². The lowest BCUT2D eigenvalue weighted by Gasteiger charge is -2.12. The third-order valence-electron chi connectivity index (χ3n) is 8.52. The predicted octanol–water partition coefficient (Wildman–Crippen LogP) is 14.1. The summed E-state index contributed by atoms with van der Waals surface area (Å²) in [6, 6.07) is 0. The quantitative estimate of drug-likeness (QED) is 0.0400. The summed E-state index contributed by atoms with van der Waals surface area (Å²) in [5.74, 6) is 1.19. The SMILES string of the molecule is CCCCC/C=C\C/C=C\CCCCCCCCCCCCCCCCC/C=C(/C/C=C\CCCCC)OCCCN(C)C. The molecule has 0 radical (unpaired) electrons. The molecule has 44 heavy (non-hydrogen) atoms. The number of hydrogen-bond acceptors (Lipinski definition) is 2. The Morgan fingerprint density at radius 3 is 1.32 bits per heavy atom. The first-order valence-corrected chi connectivity index (χ1v) is 19.6. The van der Waals surface area contributed by atoms with E-state index in [0.717, 1.165) is 32.4 Å². The third kappa shape index (κ3) is 36.9. The molecule has 0 N–H and O–H groups in total. The molecule has 0 atom stereocenters. The summed E-state index contributed by atoms with van der Waals surface area (Å²) in [6.07, 6.45) is 53.8. The number of ether oxygens (including phenoxy) is 1. The molecule has 0 saturated carbocycles. The van der Waals surface area contributed by atoms with Gasteiger partial charge in [0.15, 0.2) is 0 Å². The minimum atomic E-state index is 0.837. The van der Waals surface area contributed by atoms with Gasteiger partial charge < -0.3 is 9.64 Å². The van der Waals surface area contributed by atoms with Gasteiger partial charge in [0, 0.05) is 13.0 Å². The van der Waals surface area contributed by atoms with E-state index in [-0.39, 0.29) is 0 Å². The normalized spacial score (nSPS) is 12.6. The van der Waals surface area contributed by atoms with Crippen LogP contribution in [0.2, 0.25) is 0 Å². The smallest absolute Gasteiger partial charge is 0.0957 e. The van der Waals surface area contributed by atoms with Crippen LogP contribution in [-0.2, 0) is 4.74 Å². The Kier molecular flexibility index (Phi) is 36.8. The third-order valence-corrected chi connectivity index (χ3v) is 8.52. The van der Waals surface area contributed by atoms with E-state index >= 15 is 0 Å². The van der Waals surface area contributed by atoms with Gasteiger partial charge in [0.1, 0.15) is 0 Å². The van der Waals surface area contributed by atoms with E-state index in [1.54, 1.807) is 0 Å². The van der Waals surface area contributed by atoms with Gasteiger partial charge in [0.25, 0.3) is 0 Å². The zero-order chi connectivity index (χ0) is 32.0. The maximum absolute atomic E-state index is 6.16. The van der Waals surface area contributed by atoms with Gasteiger partial charge in [-0.2, -0.15) is 0 Å². The lowest BCUT2D eigenvalue weighted by molar-refractivity contribution is 0.191. The van der Waals surface area contributed by atoms with E-state index in [9.17, 15) is 0 Å². The summed E-state index contributed by atoms with van der Waals surface area (Å²) < 4.78 is 6.16. The van der Waals surface area contributed by atoms with E-state index in [1.807, 2.05) is 0 Å². The van der Waals surface area contributed by atoms with E-state index < -0.39 is 0 Å². The minimum absolute atomic E-state index is 0.837. The Hall–Kier alpha value is -1.28. The molecule has 0 unspecified atom stereocenters. The van der Waals surface area contributed by atoms with Gasteiger partial charge in [0.05, 0.1) is 12.4 Å². The Labute approximate surface area is 278 Å². The van der Waals surface area contributed by atoms with Crippen molar-refractivity contribution in [2.75, 3.05) is 27.2 Å². The van der Waals surface area contributed by atoms with Gasteiger partial charge >= 0.3 is 0 Å². The molecule has 0 rings (SSSR count). The largest absolute Gasteiger partial charge is 0.498 e. The summed E-state index contributed by atoms with van der Waals surface area (Å²) in [7, 11) is 4.27. The highest BCUT2D eigenvalue weighted by atomic mass is 16.5. The van der Waals surface area contributed by atoms with Crippen molar-refractivity contribution < 1.29 is 4.74 Å². The van der Waals surface area contributed by atoms with Crippen LogP contribution in [0.25, 0.3) is 0 Å². The van der Waals surface area contributed by atoms with Gasteiger partial charge in [-0.25, -0.2) is 0 Å². The second-order valence-electron chi connectivity index (χ2n) is 13.4. The first-order chi connectivity index (χ1) is 21.7. The lowest BCUT2D eigenvalue weighted by atomic mass is 10.0. The molecular formula is C42H79NO. The van der Waals surface area contributed by atoms with Crippen LogP contribution < -0.4 is 0 Å². The molecule has 0 bridgehead atoms. The summed E-state index contributed by atoms with van der Waals surface area (Å²) >= 11 is 0. The van der Waals surface area contributed by atoms with E-state index in [4.69, 9.17) is 4.74 Å². The lowest BCUT2D eigenvalue weighted by Crippen LogP contribution is -2.14. The number of nitrogens with zero attached hydrogens (tertiary/aromatic N) is 1. The van der Waals surface area contributed by atoms with E-state index in [2.05, 4.69) is 75.4 Å². The highest BCUT2D eigenvalue weighted by Crippen LogP contribution is 2.16. The first kappa shape index (κ1) is 42.7. The molecule has 2 nitrogen and oxygen atoms in total. The standard InChI is InChI=1S/C42H79NO/c1-5-7-9-11-13-14-15-16-17-18-19-20-21-22-23-24-25-26-27-28-29-30-31-32-34-36-39-42(44-41-37-40-43(3)4)38-35-33-12-10-8-6-2/h13-14,16-17,33,35,39H,5-12,15,18-32,34,36-38,40-41H2,1-4H3/b14-13-,17-16-,35-33-,42-39-. The molecule has 0 fully saturated rings. The van der Waals surface area contributed by atoms with Crippen molar-refractivity contribution in [3.05, 3.63) is 48.3 Å². The molecule has 0 amide bonds. The average Bonchev–Trinajstić information content (AvgIpc) is 3.02. The number of hydrogen-bond donors (Lipinski definition) is 0. The average molecular weight is 614 g/mol. The Balaban J connectivity index is 3.59. The predicted molar refractivity (Wildman–Crippen MR) is 201 cm³/mol. The topological polar surface area (TPSA) is 12.5 Å². The van der Waals surface area contributed by atoms with Crippen molar-refractivity contribution in [1.29, 1.82) is 0 Å². The van der Waals surface area contributed by atoms with Gasteiger partial charge in [0.2, 0.25) is 0 Å². The molecule has 0 aromatic carbocycles. The molecule has 258 valence electrons. The Morgan fingerprint density at radius 2 is 0.864 bits per heavy atom. The van der Waals surface area contributed by atoms with Gasteiger partial charge in [-0.1, -0.05) is 159 Å². The van der Waals surface area contributed by atoms with Gasteiger partial charge in [-0.15, -0.1) is 0 Å². The zero-order valence-corrected chi connectivity index (χ0v) is 30.6.